The Morgan fingerprint density at radius 3 is 1.55 bits per heavy atom. The molecule has 0 N–H and O–H groups in total. The summed E-state index contributed by atoms with van der Waals surface area (Å²) >= 11 is 6.09. The van der Waals surface area contributed by atoms with Crippen LogP contribution >= 0.6 is 11.6 Å². The molecule has 0 atom stereocenters. The molecule has 0 spiro atoms. The quantitative estimate of drug-likeness (QED) is 0.332. The minimum absolute atomic E-state index is 0.107. The van der Waals surface area contributed by atoms with Gasteiger partial charge in [-0.3, -0.25) is 0 Å². The van der Waals surface area contributed by atoms with Gasteiger partial charge < -0.3 is 9.47 Å². The molecule has 0 amide bonds. The topological polar surface area (TPSA) is 31.4 Å². The summed E-state index contributed by atoms with van der Waals surface area (Å²) in [6.45, 7) is 0. The molecule has 3 rings (SSSR count). The van der Waals surface area contributed by atoms with Gasteiger partial charge in [-0.1, -0.05) is 35.9 Å². The standard InChI is InChI=1S/C19H10ClF6NO2/c20-17-16(12-3-7-15(8-4-12)29-19(24,25)26)9-13(10-27-17)11-1-5-14(6-2-11)28-18(21,22)23/h1-10H. The second kappa shape index (κ2) is 7.82. The van der Waals surface area contributed by atoms with Crippen molar-refractivity contribution in [1.82, 2.24) is 4.98 Å². The molecule has 0 fully saturated rings. The zero-order chi connectivity index (χ0) is 21.2. The largest absolute Gasteiger partial charge is 0.573 e. The van der Waals surface area contributed by atoms with E-state index in [4.69, 9.17) is 11.6 Å². The van der Waals surface area contributed by atoms with Gasteiger partial charge in [-0.2, -0.15) is 0 Å². The monoisotopic (exact) mass is 433 g/mol. The summed E-state index contributed by atoms with van der Waals surface area (Å²) in [4.78, 5) is 4.04. The fourth-order valence-electron chi connectivity index (χ4n) is 2.49. The van der Waals surface area contributed by atoms with Crippen molar-refractivity contribution in [3.8, 4) is 33.8 Å². The van der Waals surface area contributed by atoms with E-state index in [2.05, 4.69) is 14.5 Å². The maximum absolute atomic E-state index is 12.3. The van der Waals surface area contributed by atoms with Gasteiger partial charge in [-0.05, 0) is 41.5 Å². The highest BCUT2D eigenvalue weighted by molar-refractivity contribution is 6.32. The number of aromatic nitrogens is 1. The first-order valence-electron chi connectivity index (χ1n) is 7.88. The smallest absolute Gasteiger partial charge is 0.406 e. The second-order valence-electron chi connectivity index (χ2n) is 5.71. The molecule has 152 valence electrons. The van der Waals surface area contributed by atoms with E-state index < -0.39 is 12.7 Å². The predicted octanol–water partition coefficient (Wildman–Crippen LogP) is 6.87. The Bertz CT molecular complexity index is 986. The van der Waals surface area contributed by atoms with Gasteiger partial charge in [0, 0.05) is 17.3 Å². The molecular weight excluding hydrogens is 424 g/mol. The van der Waals surface area contributed by atoms with Crippen LogP contribution in [0.3, 0.4) is 0 Å². The van der Waals surface area contributed by atoms with Gasteiger partial charge >= 0.3 is 12.7 Å². The van der Waals surface area contributed by atoms with Crippen molar-refractivity contribution in [2.24, 2.45) is 0 Å². The summed E-state index contributed by atoms with van der Waals surface area (Å²) in [5.41, 5.74) is 2.00. The fraction of sp³-hybridized carbons (Fsp3) is 0.105. The first-order chi connectivity index (χ1) is 13.5. The van der Waals surface area contributed by atoms with Crippen LogP contribution in [0.15, 0.2) is 60.8 Å². The van der Waals surface area contributed by atoms with Crippen LogP contribution in [-0.4, -0.2) is 17.7 Å². The molecule has 0 radical (unpaired) electrons. The Balaban J connectivity index is 1.87. The van der Waals surface area contributed by atoms with E-state index in [1.54, 1.807) is 6.07 Å². The van der Waals surface area contributed by atoms with Crippen molar-refractivity contribution < 1.29 is 35.8 Å². The van der Waals surface area contributed by atoms with Crippen LogP contribution in [0.2, 0.25) is 5.15 Å². The molecule has 0 aliphatic carbocycles. The third kappa shape index (κ3) is 5.77. The summed E-state index contributed by atoms with van der Waals surface area (Å²) in [6.07, 6.45) is -8.17. The molecular formula is C19H10ClF6NO2. The number of nitrogens with zero attached hydrogens (tertiary/aromatic N) is 1. The number of benzene rings is 2. The molecule has 0 unspecified atom stereocenters. The lowest BCUT2D eigenvalue weighted by atomic mass is 10.0. The van der Waals surface area contributed by atoms with E-state index in [0.29, 0.717) is 22.3 Å². The minimum atomic E-state index is -4.80. The second-order valence-corrected chi connectivity index (χ2v) is 6.06. The van der Waals surface area contributed by atoms with Gasteiger partial charge in [0.2, 0.25) is 0 Å². The Kier molecular flexibility index (Phi) is 5.61. The molecule has 3 aromatic rings. The number of halogens is 7. The fourth-order valence-corrected chi connectivity index (χ4v) is 2.71. The van der Waals surface area contributed by atoms with Gasteiger partial charge in [-0.25, -0.2) is 4.98 Å². The van der Waals surface area contributed by atoms with Gasteiger partial charge in [0.05, 0.1) is 0 Å². The van der Waals surface area contributed by atoms with Crippen molar-refractivity contribution in [2.75, 3.05) is 0 Å². The SMILES string of the molecule is FC(F)(F)Oc1ccc(-c2cnc(Cl)c(-c3ccc(OC(F)(F)F)cc3)c2)cc1. The van der Waals surface area contributed by atoms with Crippen LogP contribution in [0.4, 0.5) is 26.3 Å². The van der Waals surface area contributed by atoms with Crippen molar-refractivity contribution in [1.29, 1.82) is 0 Å². The van der Waals surface area contributed by atoms with Crippen LogP contribution in [0, 0.1) is 0 Å². The van der Waals surface area contributed by atoms with E-state index in [-0.39, 0.29) is 16.7 Å². The lowest BCUT2D eigenvalue weighted by molar-refractivity contribution is -0.275. The number of rotatable bonds is 4. The van der Waals surface area contributed by atoms with Gasteiger partial charge in [-0.15, -0.1) is 26.3 Å². The Labute approximate surface area is 165 Å². The molecule has 2 aromatic carbocycles. The van der Waals surface area contributed by atoms with Gasteiger partial charge in [0.25, 0.3) is 0 Å². The third-order valence-electron chi connectivity index (χ3n) is 3.66. The van der Waals surface area contributed by atoms with E-state index in [0.717, 1.165) is 24.3 Å². The zero-order valence-corrected chi connectivity index (χ0v) is 14.9. The van der Waals surface area contributed by atoms with Crippen molar-refractivity contribution >= 4 is 11.6 Å². The van der Waals surface area contributed by atoms with E-state index in [1.807, 2.05) is 0 Å². The maximum atomic E-state index is 12.3. The van der Waals surface area contributed by atoms with E-state index >= 15 is 0 Å². The predicted molar refractivity (Wildman–Crippen MR) is 93.5 cm³/mol. The average molecular weight is 434 g/mol. The Morgan fingerprint density at radius 1 is 0.655 bits per heavy atom. The molecule has 3 nitrogen and oxygen atoms in total. The molecule has 0 saturated heterocycles. The highest BCUT2D eigenvalue weighted by Crippen LogP contribution is 2.33. The lowest BCUT2D eigenvalue weighted by Gasteiger charge is -2.11. The minimum Gasteiger partial charge on any atom is -0.406 e. The van der Waals surface area contributed by atoms with Crippen molar-refractivity contribution in [3.63, 3.8) is 0 Å². The highest BCUT2D eigenvalue weighted by Gasteiger charge is 2.31. The number of hydrogen-bond acceptors (Lipinski definition) is 3. The van der Waals surface area contributed by atoms with Crippen LogP contribution in [0.1, 0.15) is 0 Å². The van der Waals surface area contributed by atoms with E-state index in [1.165, 1.54) is 30.5 Å². The van der Waals surface area contributed by atoms with Crippen LogP contribution in [0.5, 0.6) is 11.5 Å². The molecule has 0 bridgehead atoms. The van der Waals surface area contributed by atoms with Crippen LogP contribution in [-0.2, 0) is 0 Å². The normalized spacial score (nSPS) is 12.0. The first-order valence-corrected chi connectivity index (χ1v) is 8.26. The zero-order valence-electron chi connectivity index (χ0n) is 14.2. The molecule has 0 aliphatic rings. The molecule has 0 saturated carbocycles. The molecule has 1 aromatic heterocycles. The summed E-state index contributed by atoms with van der Waals surface area (Å²) in [7, 11) is 0. The number of ether oxygens (including phenoxy) is 2. The van der Waals surface area contributed by atoms with Crippen molar-refractivity contribution in [3.05, 3.63) is 65.9 Å². The average Bonchev–Trinajstić information content (AvgIpc) is 2.61. The molecule has 10 heteroatoms. The number of hydrogen-bond donors (Lipinski definition) is 0. The molecule has 1 heterocycles. The summed E-state index contributed by atoms with van der Waals surface area (Å²) < 4.78 is 81.2. The van der Waals surface area contributed by atoms with Gasteiger partial charge in [0.1, 0.15) is 16.7 Å². The molecule has 0 aliphatic heterocycles. The summed E-state index contributed by atoms with van der Waals surface area (Å²) in [5.74, 6) is -0.759. The Morgan fingerprint density at radius 2 is 1.10 bits per heavy atom. The number of pyridine rings is 1. The maximum Gasteiger partial charge on any atom is 0.573 e. The summed E-state index contributed by atoms with van der Waals surface area (Å²) in [6, 6.07) is 11.8. The number of alkyl halides is 6. The molecule has 29 heavy (non-hydrogen) atoms. The Hall–Kier alpha value is -2.94. The summed E-state index contributed by atoms with van der Waals surface area (Å²) in [5, 5.41) is 0.107. The van der Waals surface area contributed by atoms with E-state index in [9.17, 15) is 26.3 Å². The van der Waals surface area contributed by atoms with Crippen LogP contribution in [0.25, 0.3) is 22.3 Å². The highest BCUT2D eigenvalue weighted by atomic mass is 35.5. The first kappa shape index (κ1) is 20.8. The lowest BCUT2D eigenvalue weighted by Crippen LogP contribution is -2.16. The van der Waals surface area contributed by atoms with Gasteiger partial charge in [0.15, 0.2) is 0 Å². The van der Waals surface area contributed by atoms with Crippen LogP contribution < -0.4 is 9.47 Å². The van der Waals surface area contributed by atoms with Crippen molar-refractivity contribution in [2.45, 2.75) is 12.7 Å². The third-order valence-corrected chi connectivity index (χ3v) is 3.96.